The van der Waals surface area contributed by atoms with Gasteiger partial charge in [-0.25, -0.2) is 8.42 Å². The molecule has 0 bridgehead atoms. The fraction of sp³-hybridized carbons (Fsp3) is 0.412. The molecule has 0 N–H and O–H groups in total. The van der Waals surface area contributed by atoms with Crippen molar-refractivity contribution in [3.8, 4) is 11.5 Å². The summed E-state index contributed by atoms with van der Waals surface area (Å²) >= 11 is 0. The fourth-order valence-corrected chi connectivity index (χ4v) is 3.79. The molecule has 0 aliphatic rings. The standard InChI is InChI=1S/C17H25NO2SSi/c1-15(2)14-18(12-7-13-22(4,5)6)21(19,20)17-10-8-16(3)9-11-17/h8-11H,1,12,14H2,2-6H3. The third-order valence-corrected chi connectivity index (χ3v) is 5.56. The summed E-state index contributed by atoms with van der Waals surface area (Å²) in [7, 11) is -5.06. The zero-order chi connectivity index (χ0) is 17.0. The van der Waals surface area contributed by atoms with Crippen LogP contribution in [0.4, 0.5) is 0 Å². The van der Waals surface area contributed by atoms with Crippen LogP contribution in [-0.2, 0) is 10.0 Å². The van der Waals surface area contributed by atoms with Gasteiger partial charge in [-0.2, -0.15) is 4.31 Å². The molecule has 0 saturated carbocycles. The van der Waals surface area contributed by atoms with E-state index >= 15 is 0 Å². The lowest BCUT2D eigenvalue weighted by Crippen LogP contribution is -2.33. The van der Waals surface area contributed by atoms with Crippen molar-refractivity contribution >= 4 is 18.1 Å². The summed E-state index contributed by atoms with van der Waals surface area (Å²) in [6, 6.07) is 6.89. The second-order valence-corrected chi connectivity index (χ2v) is 13.3. The van der Waals surface area contributed by atoms with Crippen LogP contribution < -0.4 is 0 Å². The smallest absolute Gasteiger partial charge is 0.207 e. The first-order valence-corrected chi connectivity index (χ1v) is 12.2. The van der Waals surface area contributed by atoms with Gasteiger partial charge in [-0.05, 0) is 26.0 Å². The van der Waals surface area contributed by atoms with E-state index in [0.717, 1.165) is 11.1 Å². The quantitative estimate of drug-likeness (QED) is 0.469. The molecule has 5 heteroatoms. The van der Waals surface area contributed by atoms with E-state index in [4.69, 9.17) is 0 Å². The number of rotatable bonds is 5. The summed E-state index contributed by atoms with van der Waals surface area (Å²) < 4.78 is 26.9. The zero-order valence-electron chi connectivity index (χ0n) is 14.1. The number of hydrogen-bond donors (Lipinski definition) is 0. The Morgan fingerprint density at radius 1 is 1.23 bits per heavy atom. The molecule has 1 aromatic rings. The van der Waals surface area contributed by atoms with Gasteiger partial charge >= 0.3 is 0 Å². The minimum absolute atomic E-state index is 0.202. The van der Waals surface area contributed by atoms with Gasteiger partial charge in [0.2, 0.25) is 10.0 Å². The molecule has 22 heavy (non-hydrogen) atoms. The lowest BCUT2D eigenvalue weighted by atomic mass is 10.2. The summed E-state index contributed by atoms with van der Waals surface area (Å²) in [6.07, 6.45) is 0. The molecule has 0 fully saturated rings. The van der Waals surface area contributed by atoms with Gasteiger partial charge in [0.25, 0.3) is 0 Å². The van der Waals surface area contributed by atoms with Crippen molar-refractivity contribution in [2.45, 2.75) is 38.4 Å². The van der Waals surface area contributed by atoms with Gasteiger partial charge in [-0.15, -0.1) is 5.54 Å². The molecule has 0 aliphatic carbocycles. The Morgan fingerprint density at radius 3 is 2.23 bits per heavy atom. The molecule has 0 aliphatic heterocycles. The van der Waals surface area contributed by atoms with Crippen molar-refractivity contribution in [1.82, 2.24) is 4.31 Å². The number of sulfonamides is 1. The van der Waals surface area contributed by atoms with E-state index in [-0.39, 0.29) is 13.1 Å². The van der Waals surface area contributed by atoms with Crippen LogP contribution in [0.1, 0.15) is 12.5 Å². The predicted molar refractivity (Wildman–Crippen MR) is 95.9 cm³/mol. The second-order valence-electron chi connectivity index (χ2n) is 6.60. The first kappa shape index (κ1) is 18.7. The highest BCUT2D eigenvalue weighted by molar-refractivity contribution is 7.89. The molecule has 0 saturated heterocycles. The van der Waals surface area contributed by atoms with E-state index < -0.39 is 18.1 Å². The summed E-state index contributed by atoms with van der Waals surface area (Å²) in [5.41, 5.74) is 5.04. The maximum Gasteiger partial charge on any atom is 0.244 e. The van der Waals surface area contributed by atoms with E-state index in [1.165, 1.54) is 4.31 Å². The average Bonchev–Trinajstić information content (AvgIpc) is 2.36. The van der Waals surface area contributed by atoms with Crippen LogP contribution in [0.5, 0.6) is 0 Å². The Balaban J connectivity index is 3.11. The van der Waals surface area contributed by atoms with Crippen LogP contribution >= 0.6 is 0 Å². The molecule has 0 radical (unpaired) electrons. The molecule has 1 rings (SSSR count). The number of nitrogens with zero attached hydrogens (tertiary/aromatic N) is 1. The lowest BCUT2D eigenvalue weighted by molar-refractivity contribution is 0.471. The van der Waals surface area contributed by atoms with Crippen molar-refractivity contribution in [1.29, 1.82) is 0 Å². The van der Waals surface area contributed by atoms with E-state index in [2.05, 4.69) is 37.7 Å². The first-order valence-electron chi connectivity index (χ1n) is 7.23. The number of benzene rings is 1. The van der Waals surface area contributed by atoms with Crippen molar-refractivity contribution in [3.63, 3.8) is 0 Å². The predicted octanol–water partition coefficient (Wildman–Crippen LogP) is 3.44. The Kier molecular flexibility index (Phi) is 6.18. The molecule has 0 atom stereocenters. The van der Waals surface area contributed by atoms with E-state index in [9.17, 15) is 8.42 Å². The van der Waals surface area contributed by atoms with Crippen molar-refractivity contribution in [2.24, 2.45) is 0 Å². The summed E-state index contributed by atoms with van der Waals surface area (Å²) in [4.78, 5) is 0.300. The van der Waals surface area contributed by atoms with Gasteiger partial charge in [0, 0.05) is 6.54 Å². The third-order valence-electron chi connectivity index (χ3n) is 2.82. The zero-order valence-corrected chi connectivity index (χ0v) is 15.9. The minimum atomic E-state index is -3.55. The molecule has 0 amide bonds. The van der Waals surface area contributed by atoms with Crippen LogP contribution in [0.25, 0.3) is 0 Å². The van der Waals surface area contributed by atoms with Gasteiger partial charge in [0.1, 0.15) is 8.07 Å². The molecule has 3 nitrogen and oxygen atoms in total. The van der Waals surface area contributed by atoms with E-state index in [1.807, 2.05) is 13.8 Å². The molecule has 0 unspecified atom stereocenters. The Bertz CT molecular complexity index is 689. The largest absolute Gasteiger partial charge is 0.244 e. The van der Waals surface area contributed by atoms with Crippen LogP contribution in [-0.4, -0.2) is 33.9 Å². The SMILES string of the molecule is C=C(C)CN(CC#C[Si](C)(C)C)S(=O)(=O)c1ccc(C)cc1. The Labute approximate surface area is 136 Å². The molecule has 1 aromatic carbocycles. The molecular weight excluding hydrogens is 310 g/mol. The Morgan fingerprint density at radius 2 is 1.77 bits per heavy atom. The molecule has 0 aromatic heterocycles. The van der Waals surface area contributed by atoms with Gasteiger partial charge in [-0.1, -0.05) is 55.4 Å². The number of hydrogen-bond acceptors (Lipinski definition) is 2. The summed E-state index contributed by atoms with van der Waals surface area (Å²) in [6.45, 7) is 14.5. The molecule has 120 valence electrons. The lowest BCUT2D eigenvalue weighted by Gasteiger charge is -2.20. The van der Waals surface area contributed by atoms with Crippen LogP contribution in [0.3, 0.4) is 0 Å². The van der Waals surface area contributed by atoms with E-state index in [0.29, 0.717) is 4.90 Å². The van der Waals surface area contributed by atoms with E-state index in [1.54, 1.807) is 24.3 Å². The van der Waals surface area contributed by atoms with Crippen LogP contribution in [0.15, 0.2) is 41.3 Å². The van der Waals surface area contributed by atoms with Crippen LogP contribution in [0.2, 0.25) is 19.6 Å². The van der Waals surface area contributed by atoms with Crippen molar-refractivity contribution < 1.29 is 8.42 Å². The topological polar surface area (TPSA) is 37.4 Å². The normalized spacial score (nSPS) is 11.9. The van der Waals surface area contributed by atoms with Gasteiger partial charge < -0.3 is 0 Å². The fourth-order valence-electron chi connectivity index (χ4n) is 1.78. The molecular formula is C17H25NO2SSi. The summed E-state index contributed by atoms with van der Waals surface area (Å²) in [5.74, 6) is 3.04. The Hall–Kier alpha value is -1.35. The first-order chi connectivity index (χ1) is 10.0. The maximum atomic E-state index is 12.8. The average molecular weight is 336 g/mol. The maximum absolute atomic E-state index is 12.8. The second kappa shape index (κ2) is 7.27. The molecule has 0 spiro atoms. The highest BCUT2D eigenvalue weighted by Gasteiger charge is 2.23. The molecule has 0 heterocycles. The van der Waals surface area contributed by atoms with Crippen molar-refractivity contribution in [2.75, 3.05) is 13.1 Å². The highest BCUT2D eigenvalue weighted by Crippen LogP contribution is 2.17. The van der Waals surface area contributed by atoms with Gasteiger partial charge in [0.05, 0.1) is 11.4 Å². The van der Waals surface area contributed by atoms with Gasteiger partial charge in [-0.3, -0.25) is 0 Å². The van der Waals surface area contributed by atoms with Crippen molar-refractivity contribution in [3.05, 3.63) is 42.0 Å². The third kappa shape index (κ3) is 5.80. The number of aryl methyl sites for hydroxylation is 1. The van der Waals surface area contributed by atoms with Crippen LogP contribution in [0, 0.1) is 18.4 Å². The van der Waals surface area contributed by atoms with Gasteiger partial charge in [0.15, 0.2) is 0 Å². The highest BCUT2D eigenvalue weighted by atomic mass is 32.2. The summed E-state index contributed by atoms with van der Waals surface area (Å²) in [5, 5.41) is 0. The minimum Gasteiger partial charge on any atom is -0.207 e. The monoisotopic (exact) mass is 335 g/mol.